The van der Waals surface area contributed by atoms with E-state index in [0.29, 0.717) is 5.82 Å². The molecule has 2 heterocycles. The lowest BCUT2D eigenvalue weighted by Gasteiger charge is -2.07. The molecule has 0 spiro atoms. The Kier molecular flexibility index (Phi) is 3.55. The molecule has 18 heavy (non-hydrogen) atoms. The monoisotopic (exact) mass is 246 g/mol. The molecule has 2 rings (SSSR count). The van der Waals surface area contributed by atoms with Crippen molar-refractivity contribution in [3.8, 4) is 0 Å². The number of anilines is 1. The zero-order valence-corrected chi connectivity index (χ0v) is 11.7. The molecule has 0 aliphatic rings. The fraction of sp³-hybridized carbons (Fsp3) is 0.571. The quantitative estimate of drug-likeness (QED) is 0.843. The summed E-state index contributed by atoms with van der Waals surface area (Å²) < 4.78 is 2.28. The van der Waals surface area contributed by atoms with E-state index in [4.69, 9.17) is 5.73 Å². The fourth-order valence-electron chi connectivity index (χ4n) is 2.47. The maximum Gasteiger partial charge on any atom is 0.146 e. The van der Waals surface area contributed by atoms with Gasteiger partial charge in [0, 0.05) is 12.2 Å². The summed E-state index contributed by atoms with van der Waals surface area (Å²) in [5, 5.41) is 1.02. The summed E-state index contributed by atoms with van der Waals surface area (Å²) >= 11 is 0. The lowest BCUT2D eigenvalue weighted by atomic mass is 10.2. The first-order chi connectivity index (χ1) is 8.56. The Balaban J connectivity index is 2.54. The molecule has 0 aromatic carbocycles. The van der Waals surface area contributed by atoms with Crippen LogP contribution in [-0.4, -0.2) is 14.5 Å². The minimum Gasteiger partial charge on any atom is -0.383 e. The van der Waals surface area contributed by atoms with E-state index in [0.717, 1.165) is 23.4 Å². The summed E-state index contributed by atoms with van der Waals surface area (Å²) in [5.41, 5.74) is 9.49. The Morgan fingerprint density at radius 3 is 2.50 bits per heavy atom. The van der Waals surface area contributed by atoms with Crippen molar-refractivity contribution < 1.29 is 0 Å². The molecule has 2 aromatic heterocycles. The van der Waals surface area contributed by atoms with Gasteiger partial charge in [0.2, 0.25) is 0 Å². The van der Waals surface area contributed by atoms with E-state index in [2.05, 4.69) is 35.3 Å². The maximum atomic E-state index is 6.03. The standard InChI is InChI=1S/C14H22N4/c1-5-6-7-8-18-10(3)9(2)12-13(15)16-11(4)17-14(12)18/h5-8H2,1-4H3,(H2,15,16,17). The van der Waals surface area contributed by atoms with Gasteiger partial charge in [-0.3, -0.25) is 0 Å². The number of nitrogens with two attached hydrogens (primary N) is 1. The number of nitrogens with zero attached hydrogens (tertiary/aromatic N) is 3. The van der Waals surface area contributed by atoms with Gasteiger partial charge in [0.25, 0.3) is 0 Å². The minimum absolute atomic E-state index is 0.604. The van der Waals surface area contributed by atoms with Crippen LogP contribution in [0.3, 0.4) is 0 Å². The molecule has 98 valence electrons. The molecule has 0 saturated carbocycles. The number of hydrogen-bond donors (Lipinski definition) is 1. The predicted octanol–water partition coefficient (Wildman–Crippen LogP) is 3.13. The summed E-state index contributed by atoms with van der Waals surface area (Å²) in [4.78, 5) is 8.84. The first kappa shape index (κ1) is 12.9. The normalized spacial score (nSPS) is 11.3. The van der Waals surface area contributed by atoms with Gasteiger partial charge < -0.3 is 10.3 Å². The van der Waals surface area contributed by atoms with Crippen LogP contribution in [0.15, 0.2) is 0 Å². The summed E-state index contributed by atoms with van der Waals surface area (Å²) in [6, 6.07) is 0. The molecule has 0 atom stereocenters. The van der Waals surface area contributed by atoms with Gasteiger partial charge in [-0.25, -0.2) is 9.97 Å². The van der Waals surface area contributed by atoms with Crippen molar-refractivity contribution in [1.29, 1.82) is 0 Å². The molecular weight excluding hydrogens is 224 g/mol. The van der Waals surface area contributed by atoms with Gasteiger partial charge >= 0.3 is 0 Å². The highest BCUT2D eigenvalue weighted by molar-refractivity contribution is 5.91. The number of hydrogen-bond acceptors (Lipinski definition) is 3. The Hall–Kier alpha value is -1.58. The summed E-state index contributed by atoms with van der Waals surface area (Å²) in [7, 11) is 0. The number of aromatic nitrogens is 3. The van der Waals surface area contributed by atoms with Gasteiger partial charge in [0.15, 0.2) is 0 Å². The predicted molar refractivity (Wildman–Crippen MR) is 75.7 cm³/mol. The van der Waals surface area contributed by atoms with Crippen molar-refractivity contribution in [2.75, 3.05) is 5.73 Å². The van der Waals surface area contributed by atoms with E-state index >= 15 is 0 Å². The molecule has 0 amide bonds. The first-order valence-electron chi connectivity index (χ1n) is 6.65. The molecular formula is C14H22N4. The Morgan fingerprint density at radius 1 is 1.11 bits per heavy atom. The van der Waals surface area contributed by atoms with Crippen molar-refractivity contribution in [2.24, 2.45) is 0 Å². The zero-order chi connectivity index (χ0) is 13.3. The largest absolute Gasteiger partial charge is 0.383 e. The minimum atomic E-state index is 0.604. The third kappa shape index (κ3) is 2.07. The average molecular weight is 246 g/mol. The summed E-state index contributed by atoms with van der Waals surface area (Å²) in [5.74, 6) is 1.35. The highest BCUT2D eigenvalue weighted by Gasteiger charge is 2.15. The Bertz CT molecular complexity index is 569. The molecule has 0 saturated heterocycles. The molecule has 0 radical (unpaired) electrons. The average Bonchev–Trinajstić information content (AvgIpc) is 2.54. The van der Waals surface area contributed by atoms with Crippen molar-refractivity contribution in [1.82, 2.24) is 14.5 Å². The highest BCUT2D eigenvalue weighted by Crippen LogP contribution is 2.27. The smallest absolute Gasteiger partial charge is 0.146 e. The van der Waals surface area contributed by atoms with E-state index in [1.807, 2.05) is 6.92 Å². The van der Waals surface area contributed by atoms with Gasteiger partial charge in [-0.2, -0.15) is 0 Å². The van der Waals surface area contributed by atoms with Crippen molar-refractivity contribution in [3.63, 3.8) is 0 Å². The molecule has 4 nitrogen and oxygen atoms in total. The van der Waals surface area contributed by atoms with Crippen LogP contribution in [-0.2, 0) is 6.54 Å². The number of fused-ring (bicyclic) bond motifs is 1. The van der Waals surface area contributed by atoms with Crippen LogP contribution in [0.5, 0.6) is 0 Å². The summed E-state index contributed by atoms with van der Waals surface area (Å²) in [6.45, 7) is 9.36. The Morgan fingerprint density at radius 2 is 1.83 bits per heavy atom. The third-order valence-corrected chi connectivity index (χ3v) is 3.59. The highest BCUT2D eigenvalue weighted by atomic mass is 15.1. The van der Waals surface area contributed by atoms with Crippen LogP contribution in [0.1, 0.15) is 43.3 Å². The van der Waals surface area contributed by atoms with Crippen LogP contribution in [0.25, 0.3) is 11.0 Å². The second-order valence-electron chi connectivity index (χ2n) is 4.92. The van der Waals surface area contributed by atoms with Crippen LogP contribution < -0.4 is 5.73 Å². The summed E-state index contributed by atoms with van der Waals surface area (Å²) in [6.07, 6.45) is 3.66. The van der Waals surface area contributed by atoms with Gasteiger partial charge in [-0.05, 0) is 32.8 Å². The molecule has 2 aromatic rings. The number of unbranched alkanes of at least 4 members (excludes halogenated alkanes) is 2. The number of aryl methyl sites for hydroxylation is 3. The second kappa shape index (κ2) is 4.96. The molecule has 0 unspecified atom stereocenters. The fourth-order valence-corrected chi connectivity index (χ4v) is 2.47. The second-order valence-corrected chi connectivity index (χ2v) is 4.92. The lowest BCUT2D eigenvalue weighted by Crippen LogP contribution is -2.03. The molecule has 0 fully saturated rings. The molecule has 2 N–H and O–H groups in total. The van der Waals surface area contributed by atoms with E-state index in [-0.39, 0.29) is 0 Å². The van der Waals surface area contributed by atoms with E-state index in [1.54, 1.807) is 0 Å². The number of rotatable bonds is 4. The van der Waals surface area contributed by atoms with Crippen molar-refractivity contribution >= 4 is 16.9 Å². The van der Waals surface area contributed by atoms with Crippen LogP contribution in [0.2, 0.25) is 0 Å². The number of nitrogen functional groups attached to an aromatic ring is 1. The third-order valence-electron chi connectivity index (χ3n) is 3.59. The first-order valence-corrected chi connectivity index (χ1v) is 6.65. The van der Waals surface area contributed by atoms with Gasteiger partial charge in [-0.1, -0.05) is 19.8 Å². The zero-order valence-electron chi connectivity index (χ0n) is 11.7. The van der Waals surface area contributed by atoms with E-state index < -0.39 is 0 Å². The van der Waals surface area contributed by atoms with Crippen LogP contribution >= 0.6 is 0 Å². The Labute approximate surface area is 108 Å². The molecule has 0 aliphatic carbocycles. The van der Waals surface area contributed by atoms with Gasteiger partial charge in [0.05, 0.1) is 5.39 Å². The van der Waals surface area contributed by atoms with Crippen LogP contribution in [0, 0.1) is 20.8 Å². The molecule has 0 aliphatic heterocycles. The lowest BCUT2D eigenvalue weighted by molar-refractivity contribution is 0.602. The van der Waals surface area contributed by atoms with Gasteiger partial charge in [-0.15, -0.1) is 0 Å². The van der Waals surface area contributed by atoms with Crippen molar-refractivity contribution in [2.45, 2.75) is 53.5 Å². The van der Waals surface area contributed by atoms with Crippen LogP contribution in [0.4, 0.5) is 5.82 Å². The molecule has 4 heteroatoms. The maximum absolute atomic E-state index is 6.03. The van der Waals surface area contributed by atoms with E-state index in [1.165, 1.54) is 30.5 Å². The van der Waals surface area contributed by atoms with Gasteiger partial charge in [0.1, 0.15) is 17.3 Å². The van der Waals surface area contributed by atoms with E-state index in [9.17, 15) is 0 Å². The molecule has 0 bridgehead atoms. The van der Waals surface area contributed by atoms with Crippen molar-refractivity contribution in [3.05, 3.63) is 17.1 Å². The topological polar surface area (TPSA) is 56.7 Å². The SMILES string of the molecule is CCCCCn1c(C)c(C)c2c(N)nc(C)nc21.